The van der Waals surface area contributed by atoms with Crippen LogP contribution in [-0.4, -0.2) is 18.7 Å². The van der Waals surface area contributed by atoms with Gasteiger partial charge in [-0.15, -0.1) is 0 Å². The number of hydrogen-bond donors (Lipinski definition) is 0. The highest BCUT2D eigenvalue weighted by molar-refractivity contribution is 6.25. The first-order valence-electron chi connectivity index (χ1n) is 8.76. The van der Waals surface area contributed by atoms with Crippen LogP contribution in [0.3, 0.4) is 0 Å². The summed E-state index contributed by atoms with van der Waals surface area (Å²) in [6, 6.07) is 0. The number of Topliss-reactive ketones (excluding diaryl/α,β-unsaturated/α-hetero) is 2. The Morgan fingerprint density at radius 3 is 2.30 bits per heavy atom. The van der Waals surface area contributed by atoms with Gasteiger partial charge in [-0.1, -0.05) is 41.0 Å². The average molecular weight is 316 g/mol. The number of hydrogen-bond acceptors (Lipinski definition) is 3. The number of rotatable bonds is 2. The van der Waals surface area contributed by atoms with Crippen LogP contribution in [0.1, 0.15) is 60.3 Å². The molecule has 0 amide bonds. The molecule has 0 spiro atoms. The maximum atomic E-state index is 13.2. The summed E-state index contributed by atoms with van der Waals surface area (Å²) < 4.78 is 5.41. The summed E-state index contributed by atoms with van der Waals surface area (Å²) in [4.78, 5) is 26.3. The van der Waals surface area contributed by atoms with Gasteiger partial charge >= 0.3 is 0 Å². The summed E-state index contributed by atoms with van der Waals surface area (Å²) >= 11 is 0. The average Bonchev–Trinajstić information content (AvgIpc) is 2.77. The molecule has 0 aromatic heterocycles. The Kier molecular flexibility index (Phi) is 3.62. The first-order chi connectivity index (χ1) is 10.6. The maximum absolute atomic E-state index is 13.2. The number of ether oxygens (including phenoxy) is 1. The summed E-state index contributed by atoms with van der Waals surface area (Å²) in [5.41, 5.74) is 2.09. The fourth-order valence-electron chi connectivity index (χ4n) is 5.40. The minimum absolute atomic E-state index is 0.00102. The van der Waals surface area contributed by atoms with E-state index in [9.17, 15) is 9.59 Å². The number of fused-ring (bicyclic) bond motifs is 2. The monoisotopic (exact) mass is 316 g/mol. The molecule has 2 atom stereocenters. The molecule has 0 aliphatic heterocycles. The molecule has 3 nitrogen and oxygen atoms in total. The zero-order valence-corrected chi connectivity index (χ0v) is 15.2. The van der Waals surface area contributed by atoms with Gasteiger partial charge in [-0.3, -0.25) is 9.59 Å². The molecule has 0 saturated heterocycles. The molecule has 0 bridgehead atoms. The van der Waals surface area contributed by atoms with Crippen LogP contribution in [0.2, 0.25) is 0 Å². The molecule has 0 heterocycles. The summed E-state index contributed by atoms with van der Waals surface area (Å²) in [5, 5.41) is 0. The van der Waals surface area contributed by atoms with E-state index >= 15 is 0 Å². The van der Waals surface area contributed by atoms with E-state index in [0.717, 1.165) is 36.8 Å². The van der Waals surface area contributed by atoms with E-state index in [0.29, 0.717) is 11.5 Å². The third-order valence-corrected chi connectivity index (χ3v) is 6.49. The van der Waals surface area contributed by atoms with E-state index < -0.39 is 0 Å². The molecule has 3 heteroatoms. The zero-order chi connectivity index (χ0) is 17.2. The standard InChI is InChI=1S/C20H28O3/c1-11(2)14-16(21)12-10-13-19(3,4)8-7-9-20(13,5)15(12)17(22)18(14)23-6/h11,13H,7-10H2,1-6H3/t13-,20-/m0/s1. The SMILES string of the molecule is COC1=C(C(C)C)C(=O)C2=C(C1=O)[C@@]1(C)CCCC(C)(C)[C@@H]1C2. The molecule has 1 fully saturated rings. The normalized spacial score (nSPS) is 33.3. The van der Waals surface area contributed by atoms with Crippen LogP contribution < -0.4 is 0 Å². The second-order valence-corrected chi connectivity index (χ2v) is 8.63. The van der Waals surface area contributed by atoms with Crippen LogP contribution >= 0.6 is 0 Å². The number of allylic oxidation sites excluding steroid dienone is 3. The van der Waals surface area contributed by atoms with Gasteiger partial charge in [0, 0.05) is 22.1 Å². The van der Waals surface area contributed by atoms with E-state index in [1.54, 1.807) is 0 Å². The van der Waals surface area contributed by atoms with E-state index in [4.69, 9.17) is 4.74 Å². The molecular formula is C20H28O3. The maximum Gasteiger partial charge on any atom is 0.224 e. The van der Waals surface area contributed by atoms with Crippen molar-refractivity contribution in [3.63, 3.8) is 0 Å². The molecule has 0 aromatic rings. The highest BCUT2D eigenvalue weighted by atomic mass is 16.5. The first-order valence-corrected chi connectivity index (χ1v) is 8.76. The summed E-state index contributed by atoms with van der Waals surface area (Å²) in [6.45, 7) is 10.7. The smallest absolute Gasteiger partial charge is 0.224 e. The number of methoxy groups -OCH3 is 1. The van der Waals surface area contributed by atoms with Crippen molar-refractivity contribution >= 4 is 11.6 Å². The quantitative estimate of drug-likeness (QED) is 0.716. The zero-order valence-electron chi connectivity index (χ0n) is 15.2. The van der Waals surface area contributed by atoms with Crippen molar-refractivity contribution in [2.75, 3.05) is 7.11 Å². The number of carbonyl (C=O) groups excluding carboxylic acids is 2. The second-order valence-electron chi connectivity index (χ2n) is 8.63. The minimum atomic E-state index is -0.184. The van der Waals surface area contributed by atoms with Crippen molar-refractivity contribution < 1.29 is 14.3 Å². The van der Waals surface area contributed by atoms with E-state index in [2.05, 4.69) is 20.8 Å². The lowest BCUT2D eigenvalue weighted by atomic mass is 9.56. The molecule has 126 valence electrons. The van der Waals surface area contributed by atoms with E-state index in [1.807, 2.05) is 13.8 Å². The van der Waals surface area contributed by atoms with Gasteiger partial charge < -0.3 is 4.74 Å². The van der Waals surface area contributed by atoms with Gasteiger partial charge in [0.05, 0.1) is 7.11 Å². The lowest BCUT2D eigenvalue weighted by Crippen LogP contribution is -2.42. The lowest BCUT2D eigenvalue weighted by molar-refractivity contribution is -0.120. The molecule has 0 unspecified atom stereocenters. The third kappa shape index (κ3) is 2.08. The van der Waals surface area contributed by atoms with Crippen molar-refractivity contribution in [3.8, 4) is 0 Å². The summed E-state index contributed by atoms with van der Waals surface area (Å²) in [6.07, 6.45) is 4.02. The molecule has 23 heavy (non-hydrogen) atoms. The minimum Gasteiger partial charge on any atom is -0.492 e. The Morgan fingerprint density at radius 1 is 1.09 bits per heavy atom. The van der Waals surface area contributed by atoms with Crippen molar-refractivity contribution in [1.82, 2.24) is 0 Å². The molecular weight excluding hydrogens is 288 g/mol. The molecule has 3 aliphatic carbocycles. The third-order valence-electron chi connectivity index (χ3n) is 6.49. The van der Waals surface area contributed by atoms with Crippen LogP contribution in [0.25, 0.3) is 0 Å². The van der Waals surface area contributed by atoms with Crippen molar-refractivity contribution in [2.24, 2.45) is 22.7 Å². The number of carbonyl (C=O) groups is 2. The van der Waals surface area contributed by atoms with Gasteiger partial charge in [0.1, 0.15) is 0 Å². The Bertz CT molecular complexity index is 648. The van der Waals surface area contributed by atoms with Crippen molar-refractivity contribution in [3.05, 3.63) is 22.5 Å². The Balaban J connectivity index is 2.15. The molecule has 3 aliphatic rings. The molecule has 1 saturated carbocycles. The van der Waals surface area contributed by atoms with Crippen LogP contribution in [0.4, 0.5) is 0 Å². The molecule has 0 radical (unpaired) electrons. The topological polar surface area (TPSA) is 43.4 Å². The summed E-state index contributed by atoms with van der Waals surface area (Å²) in [7, 11) is 1.51. The Hall–Kier alpha value is -1.38. The Morgan fingerprint density at radius 2 is 1.74 bits per heavy atom. The van der Waals surface area contributed by atoms with Gasteiger partial charge in [0.15, 0.2) is 11.5 Å². The van der Waals surface area contributed by atoms with Gasteiger partial charge in [-0.25, -0.2) is 0 Å². The van der Waals surface area contributed by atoms with Gasteiger partial charge in [-0.05, 0) is 36.5 Å². The summed E-state index contributed by atoms with van der Waals surface area (Å²) in [5.74, 6) is 0.672. The molecule has 0 aromatic carbocycles. The van der Waals surface area contributed by atoms with Crippen molar-refractivity contribution in [2.45, 2.75) is 60.3 Å². The Labute approximate surface area is 139 Å². The van der Waals surface area contributed by atoms with Gasteiger partial charge in [0.25, 0.3) is 0 Å². The molecule has 0 N–H and O–H groups in total. The highest BCUT2D eigenvalue weighted by Gasteiger charge is 2.58. The second kappa shape index (κ2) is 5.06. The van der Waals surface area contributed by atoms with Gasteiger partial charge in [0.2, 0.25) is 5.78 Å². The van der Waals surface area contributed by atoms with Crippen LogP contribution in [0, 0.1) is 22.7 Å². The van der Waals surface area contributed by atoms with Crippen LogP contribution in [-0.2, 0) is 14.3 Å². The van der Waals surface area contributed by atoms with Crippen molar-refractivity contribution in [1.29, 1.82) is 0 Å². The predicted octanol–water partition coefficient (Wildman–Crippen LogP) is 4.23. The van der Waals surface area contributed by atoms with Gasteiger partial charge in [-0.2, -0.15) is 0 Å². The first kappa shape index (κ1) is 16.5. The van der Waals surface area contributed by atoms with Crippen LogP contribution in [0.15, 0.2) is 22.5 Å². The largest absolute Gasteiger partial charge is 0.492 e. The van der Waals surface area contributed by atoms with Crippen LogP contribution in [0.5, 0.6) is 0 Å². The fraction of sp³-hybridized carbons (Fsp3) is 0.700. The highest BCUT2D eigenvalue weighted by Crippen LogP contribution is 2.63. The lowest BCUT2D eigenvalue weighted by Gasteiger charge is -2.48. The number of ketones is 2. The molecule has 3 rings (SSSR count). The predicted molar refractivity (Wildman–Crippen MR) is 89.8 cm³/mol. The van der Waals surface area contributed by atoms with E-state index in [-0.39, 0.29) is 34.1 Å². The van der Waals surface area contributed by atoms with E-state index in [1.165, 1.54) is 7.11 Å². The fourth-order valence-corrected chi connectivity index (χ4v) is 5.40.